The Kier molecular flexibility index (Phi) is 10.0. The van der Waals surface area contributed by atoms with E-state index in [2.05, 4.69) is 31.3 Å². The lowest BCUT2D eigenvalue weighted by Crippen LogP contribution is -2.38. The average molecular weight is 407 g/mol. The Morgan fingerprint density at radius 3 is 2.32 bits per heavy atom. The minimum Gasteiger partial charge on any atom is -0.497 e. The maximum atomic E-state index is 12.3. The number of hydrogen-bond acceptors (Lipinski definition) is 4. The van der Waals surface area contributed by atoms with Crippen LogP contribution < -0.4 is 15.8 Å². The predicted octanol–water partition coefficient (Wildman–Crippen LogP) is 3.96. The highest BCUT2D eigenvalue weighted by Crippen LogP contribution is 2.17. The van der Waals surface area contributed by atoms with Crippen LogP contribution in [0.2, 0.25) is 0 Å². The molecule has 28 heavy (non-hydrogen) atoms. The van der Waals surface area contributed by atoms with Gasteiger partial charge in [0, 0.05) is 12.6 Å². The minimum atomic E-state index is -0.563. The summed E-state index contributed by atoms with van der Waals surface area (Å²) >= 11 is 0. The molecule has 2 aromatic carbocycles. The SMILES string of the molecule is COc1cccc(COC(C)C(=O)NCC(N)c2ccc(C(C)C)cc2)c1.Cl. The van der Waals surface area contributed by atoms with Gasteiger partial charge in [-0.1, -0.05) is 50.2 Å². The van der Waals surface area contributed by atoms with Crippen LogP contribution in [-0.4, -0.2) is 25.7 Å². The summed E-state index contributed by atoms with van der Waals surface area (Å²) in [6, 6.07) is 15.6. The average Bonchev–Trinajstić information content (AvgIpc) is 2.70. The Morgan fingerprint density at radius 2 is 1.71 bits per heavy atom. The van der Waals surface area contributed by atoms with E-state index in [1.807, 2.05) is 36.4 Å². The molecule has 2 aromatic rings. The quantitative estimate of drug-likeness (QED) is 0.661. The number of rotatable bonds is 9. The van der Waals surface area contributed by atoms with E-state index >= 15 is 0 Å². The van der Waals surface area contributed by atoms with Crippen molar-refractivity contribution in [1.29, 1.82) is 0 Å². The van der Waals surface area contributed by atoms with Crippen molar-refractivity contribution in [2.24, 2.45) is 5.73 Å². The molecule has 0 heterocycles. The molecule has 1 amide bonds. The molecule has 0 spiro atoms. The number of halogens is 1. The van der Waals surface area contributed by atoms with E-state index in [4.69, 9.17) is 15.2 Å². The van der Waals surface area contributed by atoms with Crippen LogP contribution in [0.5, 0.6) is 5.75 Å². The Labute approximate surface area is 174 Å². The molecular formula is C22H31ClN2O3. The lowest BCUT2D eigenvalue weighted by molar-refractivity contribution is -0.132. The standard InChI is InChI=1S/C22H30N2O3.ClH/c1-15(2)18-8-10-19(11-9-18)21(23)13-24-22(25)16(3)27-14-17-6-5-7-20(12-17)26-4;/h5-12,15-16,21H,13-14,23H2,1-4H3,(H,24,25);1H. The molecule has 0 aliphatic heterocycles. The summed E-state index contributed by atoms with van der Waals surface area (Å²) in [5, 5.41) is 2.86. The number of hydrogen-bond donors (Lipinski definition) is 2. The van der Waals surface area contributed by atoms with Crippen LogP contribution in [0.25, 0.3) is 0 Å². The fourth-order valence-electron chi connectivity index (χ4n) is 2.66. The molecule has 0 aliphatic carbocycles. The number of nitrogens with two attached hydrogens (primary N) is 1. The third-order valence-electron chi connectivity index (χ3n) is 4.53. The molecule has 0 fully saturated rings. The van der Waals surface area contributed by atoms with Crippen LogP contribution >= 0.6 is 12.4 Å². The van der Waals surface area contributed by atoms with E-state index in [1.165, 1.54) is 5.56 Å². The molecule has 6 heteroatoms. The molecule has 2 unspecified atom stereocenters. The highest BCUT2D eigenvalue weighted by Gasteiger charge is 2.15. The van der Waals surface area contributed by atoms with Crippen LogP contribution in [-0.2, 0) is 16.1 Å². The Bertz CT molecular complexity index is 735. The van der Waals surface area contributed by atoms with Gasteiger partial charge in [0.15, 0.2) is 0 Å². The first-order valence-electron chi connectivity index (χ1n) is 9.28. The zero-order valence-corrected chi connectivity index (χ0v) is 17.8. The van der Waals surface area contributed by atoms with Crippen molar-refractivity contribution < 1.29 is 14.3 Å². The number of carbonyl (C=O) groups excluding carboxylic acids is 1. The van der Waals surface area contributed by atoms with Gasteiger partial charge < -0.3 is 20.5 Å². The number of amides is 1. The van der Waals surface area contributed by atoms with Crippen molar-refractivity contribution in [3.63, 3.8) is 0 Å². The number of benzene rings is 2. The van der Waals surface area contributed by atoms with Gasteiger partial charge in [-0.2, -0.15) is 0 Å². The second-order valence-electron chi connectivity index (χ2n) is 6.98. The summed E-state index contributed by atoms with van der Waals surface area (Å²) in [5.41, 5.74) is 9.43. The van der Waals surface area contributed by atoms with Gasteiger partial charge in [-0.25, -0.2) is 0 Å². The van der Waals surface area contributed by atoms with E-state index < -0.39 is 6.10 Å². The van der Waals surface area contributed by atoms with Crippen molar-refractivity contribution >= 4 is 18.3 Å². The van der Waals surface area contributed by atoms with Gasteiger partial charge in [-0.15, -0.1) is 12.4 Å². The fraction of sp³-hybridized carbons (Fsp3) is 0.409. The second-order valence-corrected chi connectivity index (χ2v) is 6.98. The smallest absolute Gasteiger partial charge is 0.248 e. The fourth-order valence-corrected chi connectivity index (χ4v) is 2.66. The molecule has 3 N–H and O–H groups in total. The van der Waals surface area contributed by atoms with Crippen LogP contribution in [0, 0.1) is 0 Å². The number of nitrogens with one attached hydrogen (secondary N) is 1. The molecule has 0 bridgehead atoms. The Morgan fingerprint density at radius 1 is 1.07 bits per heavy atom. The molecule has 0 aromatic heterocycles. The second kappa shape index (κ2) is 11.7. The van der Waals surface area contributed by atoms with E-state index in [0.29, 0.717) is 19.1 Å². The molecule has 5 nitrogen and oxygen atoms in total. The van der Waals surface area contributed by atoms with Crippen molar-refractivity contribution in [2.75, 3.05) is 13.7 Å². The normalized spacial score (nSPS) is 12.8. The molecular weight excluding hydrogens is 376 g/mol. The van der Waals surface area contributed by atoms with Crippen LogP contribution in [0.15, 0.2) is 48.5 Å². The summed E-state index contributed by atoms with van der Waals surface area (Å²) in [4.78, 5) is 12.3. The van der Waals surface area contributed by atoms with Gasteiger partial charge in [-0.3, -0.25) is 4.79 Å². The van der Waals surface area contributed by atoms with Crippen molar-refractivity contribution in [2.45, 2.75) is 45.4 Å². The molecule has 2 rings (SSSR count). The van der Waals surface area contributed by atoms with Crippen LogP contribution in [0.3, 0.4) is 0 Å². The minimum absolute atomic E-state index is 0. The lowest BCUT2D eigenvalue weighted by Gasteiger charge is -2.17. The molecule has 0 aliphatic rings. The summed E-state index contributed by atoms with van der Waals surface area (Å²) in [6.45, 7) is 6.75. The number of methoxy groups -OCH3 is 1. The Hall–Kier alpha value is -2.08. The largest absolute Gasteiger partial charge is 0.497 e. The van der Waals surface area contributed by atoms with E-state index in [9.17, 15) is 4.79 Å². The first-order valence-corrected chi connectivity index (χ1v) is 9.28. The first kappa shape index (κ1) is 24.0. The van der Waals surface area contributed by atoms with Crippen molar-refractivity contribution in [3.05, 3.63) is 65.2 Å². The van der Waals surface area contributed by atoms with Crippen LogP contribution in [0.1, 0.15) is 49.4 Å². The van der Waals surface area contributed by atoms with E-state index in [0.717, 1.165) is 16.9 Å². The summed E-state index contributed by atoms with van der Waals surface area (Å²) < 4.78 is 10.8. The van der Waals surface area contributed by atoms with Gasteiger partial charge in [0.05, 0.1) is 13.7 Å². The van der Waals surface area contributed by atoms with Crippen molar-refractivity contribution in [1.82, 2.24) is 5.32 Å². The molecule has 2 atom stereocenters. The summed E-state index contributed by atoms with van der Waals surface area (Å²) in [5.74, 6) is 1.08. The number of carbonyl (C=O) groups is 1. The molecule has 0 radical (unpaired) electrons. The third-order valence-corrected chi connectivity index (χ3v) is 4.53. The van der Waals surface area contributed by atoms with Gasteiger partial charge in [0.2, 0.25) is 5.91 Å². The summed E-state index contributed by atoms with van der Waals surface area (Å²) in [6.07, 6.45) is -0.563. The zero-order chi connectivity index (χ0) is 19.8. The predicted molar refractivity (Wildman–Crippen MR) is 115 cm³/mol. The topological polar surface area (TPSA) is 73.6 Å². The summed E-state index contributed by atoms with van der Waals surface area (Å²) in [7, 11) is 1.62. The molecule has 0 saturated carbocycles. The number of ether oxygens (including phenoxy) is 2. The highest BCUT2D eigenvalue weighted by molar-refractivity contribution is 5.85. The molecule has 154 valence electrons. The van der Waals surface area contributed by atoms with Gasteiger partial charge in [-0.05, 0) is 41.7 Å². The maximum Gasteiger partial charge on any atom is 0.248 e. The van der Waals surface area contributed by atoms with Gasteiger partial charge in [0.1, 0.15) is 11.9 Å². The maximum absolute atomic E-state index is 12.3. The van der Waals surface area contributed by atoms with Crippen molar-refractivity contribution in [3.8, 4) is 5.75 Å². The van der Waals surface area contributed by atoms with Crippen LogP contribution in [0.4, 0.5) is 0 Å². The van der Waals surface area contributed by atoms with E-state index in [1.54, 1.807) is 14.0 Å². The van der Waals surface area contributed by atoms with Gasteiger partial charge in [0.25, 0.3) is 0 Å². The van der Waals surface area contributed by atoms with Gasteiger partial charge >= 0.3 is 0 Å². The molecule has 0 saturated heterocycles. The first-order chi connectivity index (χ1) is 12.9. The lowest BCUT2D eigenvalue weighted by atomic mass is 9.99. The van der Waals surface area contributed by atoms with E-state index in [-0.39, 0.29) is 24.4 Å². The third kappa shape index (κ3) is 7.15. The monoisotopic (exact) mass is 406 g/mol. The highest BCUT2D eigenvalue weighted by atomic mass is 35.5. The Balaban J connectivity index is 0.00000392. The zero-order valence-electron chi connectivity index (χ0n) is 17.0.